The maximum atomic E-state index is 13.1. The summed E-state index contributed by atoms with van der Waals surface area (Å²) in [7, 11) is -2.59. The first kappa shape index (κ1) is 22.4. The zero-order valence-electron chi connectivity index (χ0n) is 16.5. The van der Waals surface area contributed by atoms with Crippen LogP contribution in [0.25, 0.3) is 6.08 Å². The van der Waals surface area contributed by atoms with Gasteiger partial charge in [-0.15, -0.1) is 0 Å². The van der Waals surface area contributed by atoms with E-state index in [0.717, 1.165) is 36.1 Å². The number of hydrogen-bond acceptors (Lipinski definition) is 7. The molecule has 1 saturated heterocycles. The molecule has 30 heavy (non-hydrogen) atoms. The molecule has 1 aliphatic heterocycles. The summed E-state index contributed by atoms with van der Waals surface area (Å²) in [6.07, 6.45) is 4.46. The second kappa shape index (κ2) is 8.85. The van der Waals surface area contributed by atoms with Crippen molar-refractivity contribution in [2.24, 2.45) is 0 Å². The number of Topliss-reactive ketones (excluding diaryl/α,β-unsaturated/α-hetero) is 1. The van der Waals surface area contributed by atoms with Crippen LogP contribution < -0.4 is 14.0 Å². The van der Waals surface area contributed by atoms with Crippen molar-refractivity contribution in [1.29, 1.82) is 0 Å². The summed E-state index contributed by atoms with van der Waals surface area (Å²) >= 11 is 0. The number of likely N-dealkylation sites (tertiary alicyclic amines) is 1. The van der Waals surface area contributed by atoms with Gasteiger partial charge in [0.1, 0.15) is 5.75 Å². The summed E-state index contributed by atoms with van der Waals surface area (Å²) in [5.41, 5.74) is 2.94. The SMILES string of the molecule is CN1CC[C@]2(c3cccc(O)c3)CC(=O)/C(=C/c3ccccc3)[C@@H]1C2.[O-][Cl+3]([O-])([O-])O. The molecule has 1 heterocycles. The Hall–Kier alpha value is -2.26. The molecule has 4 rings (SSSR count). The number of phenols is 1. The lowest BCUT2D eigenvalue weighted by atomic mass is 9.61. The second-order valence-electron chi connectivity index (χ2n) is 7.79. The maximum absolute atomic E-state index is 13.1. The lowest BCUT2D eigenvalue weighted by Gasteiger charge is -2.50. The van der Waals surface area contributed by atoms with Crippen LogP contribution in [0.15, 0.2) is 60.2 Å². The predicted octanol–water partition coefficient (Wildman–Crippen LogP) is -0.343. The van der Waals surface area contributed by atoms with Crippen molar-refractivity contribution in [2.45, 2.75) is 30.7 Å². The van der Waals surface area contributed by atoms with Crippen LogP contribution in [0.4, 0.5) is 0 Å². The van der Waals surface area contributed by atoms with E-state index in [9.17, 15) is 9.90 Å². The fraction of sp³-hybridized carbons (Fsp3) is 0.318. The fourth-order valence-electron chi connectivity index (χ4n) is 4.38. The molecule has 8 heteroatoms. The molecule has 2 aliphatic rings. The summed E-state index contributed by atoms with van der Waals surface area (Å²) in [5.74, 6) is 0.510. The Morgan fingerprint density at radius 3 is 2.43 bits per heavy atom. The van der Waals surface area contributed by atoms with Gasteiger partial charge in [0.25, 0.3) is 0 Å². The fourth-order valence-corrected chi connectivity index (χ4v) is 4.38. The van der Waals surface area contributed by atoms with E-state index in [0.29, 0.717) is 6.42 Å². The molecule has 2 aromatic carbocycles. The van der Waals surface area contributed by atoms with Gasteiger partial charge in [-0.3, -0.25) is 9.69 Å². The van der Waals surface area contributed by atoms with E-state index in [1.54, 1.807) is 6.07 Å². The Kier molecular flexibility index (Phi) is 6.62. The van der Waals surface area contributed by atoms with Crippen molar-refractivity contribution in [3.05, 3.63) is 71.3 Å². The van der Waals surface area contributed by atoms with E-state index in [4.69, 9.17) is 18.6 Å². The van der Waals surface area contributed by atoms with Crippen LogP contribution in [0.5, 0.6) is 5.75 Å². The standard InChI is InChI=1S/C22H23NO2.ClHO4/c1-23-11-10-22(17-8-5-9-18(24)13-17)14-20(23)19(21(25)15-22)12-16-6-3-2-4-7-16;2-1(3,4)5/h2-9,12-13,20,24H,10-11,14-15H2,1H3;(H,2,3,4,5)/b19-12+;/t20-,22+;/m0./s1. The Morgan fingerprint density at radius 2 is 1.80 bits per heavy atom. The van der Waals surface area contributed by atoms with Crippen LogP contribution >= 0.6 is 0 Å². The highest BCUT2D eigenvalue weighted by Gasteiger charge is 2.48. The van der Waals surface area contributed by atoms with Crippen molar-refractivity contribution < 1.29 is 38.8 Å². The first-order valence-corrected chi connectivity index (χ1v) is 10.8. The first-order chi connectivity index (χ1) is 14.1. The number of halogens is 1. The highest BCUT2D eigenvalue weighted by atomic mass is 35.7. The number of benzene rings is 2. The molecule has 0 amide bonds. The molecule has 2 bridgehead atoms. The molecule has 1 aliphatic carbocycles. The quantitative estimate of drug-likeness (QED) is 0.619. The number of hydrogen-bond donors (Lipinski definition) is 2. The molecule has 2 atom stereocenters. The van der Waals surface area contributed by atoms with E-state index in [-0.39, 0.29) is 23.0 Å². The summed E-state index contributed by atoms with van der Waals surface area (Å²) in [4.78, 5) is 15.4. The molecule has 2 aromatic rings. The monoisotopic (exact) mass is 433 g/mol. The van der Waals surface area contributed by atoms with Crippen molar-refractivity contribution in [2.75, 3.05) is 13.6 Å². The third-order valence-electron chi connectivity index (χ3n) is 5.82. The molecule has 7 nitrogen and oxygen atoms in total. The number of phenolic OH excluding ortho intramolecular Hbond substituents is 1. The van der Waals surface area contributed by atoms with Gasteiger partial charge in [-0.05, 0) is 55.8 Å². The third-order valence-corrected chi connectivity index (χ3v) is 5.82. The van der Waals surface area contributed by atoms with Crippen LogP contribution in [0, 0.1) is 10.2 Å². The maximum Gasteiger partial charge on any atom is 0.161 e. The van der Waals surface area contributed by atoms with Gasteiger partial charge in [0.05, 0.1) is 14.9 Å². The van der Waals surface area contributed by atoms with Crippen molar-refractivity contribution in [3.63, 3.8) is 0 Å². The number of carbonyl (C=O) groups is 1. The molecule has 2 fully saturated rings. The molecule has 0 unspecified atom stereocenters. The summed E-state index contributed by atoms with van der Waals surface area (Å²) < 4.78 is 32.7. The molecule has 0 aromatic heterocycles. The zero-order valence-corrected chi connectivity index (χ0v) is 17.3. The van der Waals surface area contributed by atoms with E-state index in [1.807, 2.05) is 42.5 Å². The Morgan fingerprint density at radius 1 is 1.13 bits per heavy atom. The number of aromatic hydroxyl groups is 1. The second-order valence-corrected chi connectivity index (χ2v) is 8.58. The molecular weight excluding hydrogens is 410 g/mol. The summed E-state index contributed by atoms with van der Waals surface area (Å²) in [6, 6.07) is 17.7. The normalized spacial score (nSPS) is 25.6. The summed E-state index contributed by atoms with van der Waals surface area (Å²) in [6.45, 7) is 0.958. The molecule has 0 spiro atoms. The summed E-state index contributed by atoms with van der Waals surface area (Å²) in [5, 5.41) is 9.90. The number of piperidine rings is 1. The lowest BCUT2D eigenvalue weighted by Crippen LogP contribution is -2.58. The van der Waals surface area contributed by atoms with Gasteiger partial charge in [-0.25, -0.2) is 0 Å². The van der Waals surface area contributed by atoms with Gasteiger partial charge < -0.3 is 5.11 Å². The molecule has 0 radical (unpaired) electrons. The smallest absolute Gasteiger partial charge is 0.161 e. The average molecular weight is 434 g/mol. The van der Waals surface area contributed by atoms with Crippen molar-refractivity contribution in [1.82, 2.24) is 4.90 Å². The van der Waals surface area contributed by atoms with Crippen molar-refractivity contribution in [3.8, 4) is 5.75 Å². The van der Waals surface area contributed by atoms with Gasteiger partial charge in [0, 0.05) is 23.5 Å². The Bertz CT molecular complexity index is 921. The van der Waals surface area contributed by atoms with Crippen LogP contribution in [-0.4, -0.2) is 40.1 Å². The van der Waals surface area contributed by atoms with Crippen LogP contribution in [-0.2, 0) is 10.2 Å². The molecule has 2 N–H and O–H groups in total. The van der Waals surface area contributed by atoms with Gasteiger partial charge in [-0.2, -0.15) is 14.0 Å². The number of fused-ring (bicyclic) bond motifs is 2. The zero-order chi connectivity index (χ0) is 21.9. The van der Waals surface area contributed by atoms with E-state index in [2.05, 4.69) is 24.1 Å². The minimum Gasteiger partial charge on any atom is -0.508 e. The van der Waals surface area contributed by atoms with E-state index in [1.165, 1.54) is 0 Å². The minimum atomic E-state index is -4.69. The van der Waals surface area contributed by atoms with Crippen LogP contribution in [0.1, 0.15) is 30.4 Å². The number of ketones is 1. The van der Waals surface area contributed by atoms with Gasteiger partial charge in [0.2, 0.25) is 0 Å². The van der Waals surface area contributed by atoms with E-state index < -0.39 is 10.2 Å². The lowest BCUT2D eigenvalue weighted by molar-refractivity contribution is -1.92. The Labute approximate surface area is 177 Å². The molecule has 160 valence electrons. The Balaban J connectivity index is 0.000000461. The number of rotatable bonds is 2. The number of carbonyl (C=O) groups excluding carboxylic acids is 1. The highest BCUT2D eigenvalue weighted by molar-refractivity contribution is 6.02. The largest absolute Gasteiger partial charge is 0.508 e. The average Bonchev–Trinajstić information content (AvgIpc) is 2.67. The minimum absolute atomic E-state index is 0.137. The topological polar surface area (TPSA) is 130 Å². The third kappa shape index (κ3) is 5.46. The number of nitrogens with zero attached hydrogens (tertiary/aromatic N) is 1. The van der Waals surface area contributed by atoms with Crippen LogP contribution in [0.2, 0.25) is 0 Å². The van der Waals surface area contributed by atoms with Gasteiger partial charge in [-0.1, -0.05) is 42.5 Å². The van der Waals surface area contributed by atoms with Gasteiger partial charge >= 0.3 is 0 Å². The predicted molar refractivity (Wildman–Crippen MR) is 102 cm³/mol. The van der Waals surface area contributed by atoms with Crippen molar-refractivity contribution >= 4 is 11.9 Å². The number of likely N-dealkylation sites (N-methyl/N-ethyl adjacent to an activating group) is 1. The molecule has 1 saturated carbocycles. The highest BCUT2D eigenvalue weighted by Crippen LogP contribution is 2.47. The molecular formula is C22H24ClNO6. The van der Waals surface area contributed by atoms with E-state index >= 15 is 0 Å². The van der Waals surface area contributed by atoms with Gasteiger partial charge in [0.15, 0.2) is 5.78 Å². The first-order valence-electron chi connectivity index (χ1n) is 9.50. The van der Waals surface area contributed by atoms with Crippen LogP contribution in [0.3, 0.4) is 0 Å².